The van der Waals surface area contributed by atoms with Crippen LogP contribution in [-0.2, 0) is 33.0 Å². The summed E-state index contributed by atoms with van der Waals surface area (Å²) in [7, 11) is 0. The zero-order chi connectivity index (χ0) is 28.0. The van der Waals surface area contributed by atoms with E-state index in [9.17, 15) is 9.90 Å². The van der Waals surface area contributed by atoms with Crippen molar-refractivity contribution in [1.29, 1.82) is 0 Å². The van der Waals surface area contributed by atoms with Crippen LogP contribution >= 0.6 is 11.6 Å². The van der Waals surface area contributed by atoms with Gasteiger partial charge in [-0.2, -0.15) is 4.89 Å². The number of aliphatic hydroxyl groups is 1. The van der Waals surface area contributed by atoms with Gasteiger partial charge < -0.3 is 14.7 Å². The van der Waals surface area contributed by atoms with E-state index in [2.05, 4.69) is 16.0 Å². The number of carbonyl (C=O) groups is 1. The fraction of sp³-hybridized carbons (Fsp3) is 0.375. The van der Waals surface area contributed by atoms with E-state index in [0.717, 1.165) is 59.6 Å². The molecule has 0 aliphatic carbocycles. The lowest BCUT2D eigenvalue weighted by molar-refractivity contribution is -0.269. The number of benzene rings is 2. The molecule has 2 aliphatic heterocycles. The van der Waals surface area contributed by atoms with Crippen molar-refractivity contribution in [2.24, 2.45) is 0 Å². The maximum absolute atomic E-state index is 12.1. The van der Waals surface area contributed by atoms with E-state index in [0.29, 0.717) is 43.2 Å². The Bertz CT molecular complexity index is 1350. The van der Waals surface area contributed by atoms with Gasteiger partial charge in [-0.25, -0.2) is 9.78 Å². The van der Waals surface area contributed by atoms with E-state index in [4.69, 9.17) is 26.1 Å². The molecule has 3 heterocycles. The van der Waals surface area contributed by atoms with Crippen LogP contribution in [0.5, 0.6) is 11.6 Å². The number of fused-ring (bicyclic) bond motifs is 2. The largest absolute Gasteiger partial charge is 0.438 e. The molecule has 210 valence electrons. The predicted octanol–water partition coefficient (Wildman–Crippen LogP) is 6.27. The van der Waals surface area contributed by atoms with Crippen LogP contribution < -0.4 is 4.74 Å². The topological polar surface area (TPSA) is 81.1 Å². The number of aromatic nitrogens is 1. The van der Waals surface area contributed by atoms with Gasteiger partial charge in [0, 0.05) is 48.4 Å². The van der Waals surface area contributed by atoms with Gasteiger partial charge in [0.1, 0.15) is 5.75 Å². The third-order valence-corrected chi connectivity index (χ3v) is 7.94. The van der Waals surface area contributed by atoms with Crippen molar-refractivity contribution in [2.45, 2.75) is 51.0 Å². The molecule has 0 radical (unpaired) electrons. The summed E-state index contributed by atoms with van der Waals surface area (Å²) in [5, 5.41) is 11.9. The molecule has 1 saturated heterocycles. The molecule has 0 amide bonds. The molecule has 7 nitrogen and oxygen atoms in total. The van der Waals surface area contributed by atoms with Crippen LogP contribution in [0, 0.1) is 0 Å². The average Bonchev–Trinajstić information content (AvgIpc) is 3.13. The van der Waals surface area contributed by atoms with Crippen molar-refractivity contribution in [1.82, 2.24) is 9.88 Å². The number of rotatable bonds is 9. The predicted molar refractivity (Wildman–Crippen MR) is 154 cm³/mol. The lowest BCUT2D eigenvalue weighted by Crippen LogP contribution is -2.42. The summed E-state index contributed by atoms with van der Waals surface area (Å²) in [6.45, 7) is 4.64. The number of likely N-dealkylation sites (tertiary alicyclic amines) is 1. The Morgan fingerprint density at radius 1 is 1.15 bits per heavy atom. The second kappa shape index (κ2) is 13.0. The Kier molecular flexibility index (Phi) is 9.17. The SMILES string of the molecule is CCOOC(=O)CCc1cccc2c1CC(=CCCN1CCC(O)(c3ccc(Cl)cc3)CC1)c1cccnc1O2. The lowest BCUT2D eigenvalue weighted by Gasteiger charge is -2.38. The quantitative estimate of drug-likeness (QED) is 0.243. The van der Waals surface area contributed by atoms with Crippen LogP contribution in [0.4, 0.5) is 0 Å². The molecule has 0 atom stereocenters. The van der Waals surface area contributed by atoms with Gasteiger partial charge in [0.05, 0.1) is 18.6 Å². The van der Waals surface area contributed by atoms with Crippen molar-refractivity contribution in [3.8, 4) is 11.6 Å². The summed E-state index contributed by atoms with van der Waals surface area (Å²) in [6, 6.07) is 17.4. The Labute approximate surface area is 240 Å². The molecule has 0 spiro atoms. The van der Waals surface area contributed by atoms with E-state index in [1.807, 2.05) is 54.6 Å². The molecule has 40 heavy (non-hydrogen) atoms. The third-order valence-electron chi connectivity index (χ3n) is 7.69. The molecule has 1 aromatic heterocycles. The van der Waals surface area contributed by atoms with Gasteiger partial charge in [0.25, 0.3) is 0 Å². The minimum Gasteiger partial charge on any atom is -0.438 e. The molecule has 0 saturated carbocycles. The molecule has 1 fully saturated rings. The van der Waals surface area contributed by atoms with Crippen LogP contribution in [-0.4, -0.2) is 47.2 Å². The highest BCUT2D eigenvalue weighted by atomic mass is 35.5. The second-order valence-corrected chi connectivity index (χ2v) is 10.7. The molecule has 2 aliphatic rings. The van der Waals surface area contributed by atoms with Crippen LogP contribution in [0.1, 0.15) is 54.9 Å². The summed E-state index contributed by atoms with van der Waals surface area (Å²) in [6.07, 6.45) is 7.69. The van der Waals surface area contributed by atoms with E-state index in [1.165, 1.54) is 0 Å². The zero-order valence-electron chi connectivity index (χ0n) is 22.8. The van der Waals surface area contributed by atoms with E-state index >= 15 is 0 Å². The molecule has 1 N–H and O–H groups in total. The van der Waals surface area contributed by atoms with Gasteiger partial charge >= 0.3 is 5.97 Å². The smallest absolute Gasteiger partial charge is 0.342 e. The Balaban J connectivity index is 1.27. The fourth-order valence-electron chi connectivity index (χ4n) is 5.45. The monoisotopic (exact) mass is 562 g/mol. The van der Waals surface area contributed by atoms with Gasteiger partial charge in [-0.05, 0) is 79.6 Å². The van der Waals surface area contributed by atoms with E-state index in [-0.39, 0.29) is 12.4 Å². The zero-order valence-corrected chi connectivity index (χ0v) is 23.5. The number of allylic oxidation sites excluding steroid dienone is 1. The van der Waals surface area contributed by atoms with Gasteiger partial charge in [0.2, 0.25) is 5.88 Å². The minimum absolute atomic E-state index is 0.220. The molecular formula is C32H35ClN2O5. The molecule has 0 unspecified atom stereocenters. The fourth-order valence-corrected chi connectivity index (χ4v) is 5.58. The summed E-state index contributed by atoms with van der Waals surface area (Å²) >= 11 is 6.03. The van der Waals surface area contributed by atoms with Gasteiger partial charge in [-0.15, -0.1) is 0 Å². The summed E-state index contributed by atoms with van der Waals surface area (Å²) in [4.78, 5) is 28.6. The second-order valence-electron chi connectivity index (χ2n) is 10.3. The third kappa shape index (κ3) is 6.73. The highest BCUT2D eigenvalue weighted by Crippen LogP contribution is 2.40. The first-order valence-electron chi connectivity index (χ1n) is 13.9. The first kappa shape index (κ1) is 28.3. The Morgan fingerprint density at radius 3 is 2.73 bits per heavy atom. The minimum atomic E-state index is -0.808. The van der Waals surface area contributed by atoms with Crippen LogP contribution in [0.15, 0.2) is 66.9 Å². The number of ether oxygens (including phenoxy) is 1. The molecule has 3 aromatic rings. The molecule has 0 bridgehead atoms. The van der Waals surface area contributed by atoms with Crippen molar-refractivity contribution < 1.29 is 24.4 Å². The van der Waals surface area contributed by atoms with Crippen molar-refractivity contribution >= 4 is 23.1 Å². The highest BCUT2D eigenvalue weighted by molar-refractivity contribution is 6.30. The van der Waals surface area contributed by atoms with E-state index in [1.54, 1.807) is 13.1 Å². The number of nitrogens with zero attached hydrogens (tertiary/aromatic N) is 2. The number of aryl methyl sites for hydroxylation is 1. The number of hydrogen-bond donors (Lipinski definition) is 1. The van der Waals surface area contributed by atoms with E-state index < -0.39 is 5.60 Å². The number of hydrogen-bond acceptors (Lipinski definition) is 7. The first-order valence-corrected chi connectivity index (χ1v) is 14.3. The Morgan fingerprint density at radius 2 is 1.95 bits per heavy atom. The maximum atomic E-state index is 12.1. The average molecular weight is 563 g/mol. The highest BCUT2D eigenvalue weighted by Gasteiger charge is 2.33. The van der Waals surface area contributed by atoms with Crippen LogP contribution in [0.2, 0.25) is 5.02 Å². The molecule has 8 heteroatoms. The maximum Gasteiger partial charge on any atom is 0.342 e. The van der Waals surface area contributed by atoms with Crippen LogP contribution in [0.25, 0.3) is 5.57 Å². The Hall–Kier alpha value is -3.23. The standard InChI is InChI=1S/C32H35ClN2O5/c1-2-38-40-30(36)15-10-23-6-3-9-29-28(23)22-24(27-8-4-18-34-31(27)39-29)7-5-19-35-20-16-32(37,17-21-35)25-11-13-26(33)14-12-25/h3-4,6-9,11-14,18,37H,2,5,10,15-17,19-22H2,1H3. The molecule has 5 rings (SSSR count). The van der Waals surface area contributed by atoms with Crippen molar-refractivity contribution in [3.05, 3.63) is 94.1 Å². The number of carbonyl (C=O) groups excluding carboxylic acids is 1. The number of pyridine rings is 1. The van der Waals surface area contributed by atoms with Crippen LogP contribution in [0.3, 0.4) is 0 Å². The summed E-state index contributed by atoms with van der Waals surface area (Å²) in [5.74, 6) is 0.960. The van der Waals surface area contributed by atoms with Gasteiger partial charge in [-0.1, -0.05) is 41.9 Å². The van der Waals surface area contributed by atoms with Crippen molar-refractivity contribution in [2.75, 3.05) is 26.2 Å². The summed E-state index contributed by atoms with van der Waals surface area (Å²) < 4.78 is 6.27. The molecule has 2 aromatic carbocycles. The van der Waals surface area contributed by atoms with Crippen molar-refractivity contribution in [3.63, 3.8) is 0 Å². The first-order chi connectivity index (χ1) is 19.4. The molecular weight excluding hydrogens is 528 g/mol. The lowest BCUT2D eigenvalue weighted by atomic mass is 9.84. The van der Waals surface area contributed by atoms with Gasteiger partial charge in [-0.3, -0.25) is 4.89 Å². The normalized spacial score (nSPS) is 17.4. The summed E-state index contributed by atoms with van der Waals surface area (Å²) in [5.41, 5.74) is 4.36. The number of piperidine rings is 1. The van der Waals surface area contributed by atoms with Gasteiger partial charge in [0.15, 0.2) is 0 Å². The number of halogens is 1.